The van der Waals surface area contributed by atoms with Crippen molar-refractivity contribution < 1.29 is 4.42 Å². The standard InChI is InChI=1S/C17H25NO/c1-10(2)15(18)14-9-12-11(3)7-8-13(16(12)19-14)17(4,5)6/h7-10,15H,18H2,1-6H3. The summed E-state index contributed by atoms with van der Waals surface area (Å²) in [5.41, 5.74) is 9.78. The number of hydrogen-bond donors (Lipinski definition) is 1. The fraction of sp³-hybridized carbons (Fsp3) is 0.529. The molecule has 1 aromatic heterocycles. The van der Waals surface area contributed by atoms with E-state index in [1.54, 1.807) is 0 Å². The van der Waals surface area contributed by atoms with Crippen molar-refractivity contribution in [3.8, 4) is 0 Å². The molecule has 0 aliphatic heterocycles. The van der Waals surface area contributed by atoms with Crippen LogP contribution in [0.3, 0.4) is 0 Å². The van der Waals surface area contributed by atoms with Gasteiger partial charge in [0.1, 0.15) is 11.3 Å². The highest BCUT2D eigenvalue weighted by molar-refractivity contribution is 5.85. The minimum atomic E-state index is -0.0420. The van der Waals surface area contributed by atoms with Crippen LogP contribution in [-0.4, -0.2) is 0 Å². The van der Waals surface area contributed by atoms with Gasteiger partial charge >= 0.3 is 0 Å². The molecule has 104 valence electrons. The van der Waals surface area contributed by atoms with Crippen molar-refractivity contribution in [1.29, 1.82) is 0 Å². The van der Waals surface area contributed by atoms with Crippen LogP contribution in [0.1, 0.15) is 57.5 Å². The highest BCUT2D eigenvalue weighted by Gasteiger charge is 2.22. The molecule has 2 heteroatoms. The van der Waals surface area contributed by atoms with Crippen molar-refractivity contribution in [2.45, 2.75) is 53.0 Å². The third-order valence-corrected chi connectivity index (χ3v) is 3.78. The van der Waals surface area contributed by atoms with Gasteiger partial charge in [-0.05, 0) is 29.9 Å². The fourth-order valence-corrected chi connectivity index (χ4v) is 2.36. The molecule has 0 spiro atoms. The normalized spacial score (nSPS) is 14.3. The maximum atomic E-state index is 6.22. The second-order valence-electron chi connectivity index (χ2n) is 6.84. The lowest BCUT2D eigenvalue weighted by atomic mass is 9.85. The second kappa shape index (κ2) is 4.68. The van der Waals surface area contributed by atoms with Crippen LogP contribution in [0.15, 0.2) is 22.6 Å². The maximum Gasteiger partial charge on any atom is 0.138 e. The lowest BCUT2D eigenvalue weighted by Gasteiger charge is -2.19. The van der Waals surface area contributed by atoms with E-state index in [9.17, 15) is 0 Å². The van der Waals surface area contributed by atoms with E-state index in [1.807, 2.05) is 0 Å². The Balaban J connectivity index is 2.67. The van der Waals surface area contributed by atoms with Gasteiger partial charge < -0.3 is 10.2 Å². The Hall–Kier alpha value is -1.28. The molecule has 2 nitrogen and oxygen atoms in total. The molecule has 1 unspecified atom stereocenters. The quantitative estimate of drug-likeness (QED) is 0.849. The van der Waals surface area contributed by atoms with E-state index < -0.39 is 0 Å². The summed E-state index contributed by atoms with van der Waals surface area (Å²) in [6.45, 7) is 13.0. The summed E-state index contributed by atoms with van der Waals surface area (Å²) >= 11 is 0. The Labute approximate surface area is 116 Å². The van der Waals surface area contributed by atoms with Crippen molar-refractivity contribution in [2.75, 3.05) is 0 Å². The fourth-order valence-electron chi connectivity index (χ4n) is 2.36. The molecule has 2 N–H and O–H groups in total. The van der Waals surface area contributed by atoms with Crippen LogP contribution in [0.4, 0.5) is 0 Å². The molecular weight excluding hydrogens is 234 g/mol. The van der Waals surface area contributed by atoms with E-state index in [0.717, 1.165) is 11.3 Å². The van der Waals surface area contributed by atoms with Crippen molar-refractivity contribution in [3.63, 3.8) is 0 Å². The van der Waals surface area contributed by atoms with Crippen molar-refractivity contribution in [1.82, 2.24) is 0 Å². The van der Waals surface area contributed by atoms with E-state index in [0.29, 0.717) is 5.92 Å². The Morgan fingerprint density at radius 3 is 2.32 bits per heavy atom. The average Bonchev–Trinajstić information content (AvgIpc) is 2.71. The van der Waals surface area contributed by atoms with Gasteiger partial charge in [-0.2, -0.15) is 0 Å². The number of nitrogens with two attached hydrogens (primary N) is 1. The molecule has 2 aromatic rings. The molecule has 1 heterocycles. The van der Waals surface area contributed by atoms with Crippen molar-refractivity contribution >= 4 is 11.0 Å². The van der Waals surface area contributed by atoms with Gasteiger partial charge in [0, 0.05) is 10.9 Å². The number of furan rings is 1. The van der Waals surface area contributed by atoms with Crippen LogP contribution in [0.2, 0.25) is 0 Å². The SMILES string of the molecule is Cc1ccc(C(C)(C)C)c2oc(C(N)C(C)C)cc12. The third-order valence-electron chi connectivity index (χ3n) is 3.78. The van der Waals surface area contributed by atoms with Gasteiger partial charge in [0.2, 0.25) is 0 Å². The Bertz CT molecular complexity index is 587. The zero-order valence-electron chi connectivity index (χ0n) is 12.9. The summed E-state index contributed by atoms with van der Waals surface area (Å²) in [6.07, 6.45) is 0. The molecular formula is C17H25NO. The predicted molar refractivity (Wildman–Crippen MR) is 81.4 cm³/mol. The molecule has 1 atom stereocenters. The number of fused-ring (bicyclic) bond motifs is 1. The average molecular weight is 259 g/mol. The van der Waals surface area contributed by atoms with Crippen LogP contribution in [0.25, 0.3) is 11.0 Å². The van der Waals surface area contributed by atoms with Crippen LogP contribution >= 0.6 is 0 Å². The van der Waals surface area contributed by atoms with Gasteiger partial charge in [-0.25, -0.2) is 0 Å². The molecule has 0 fully saturated rings. The highest BCUT2D eigenvalue weighted by Crippen LogP contribution is 2.35. The Kier molecular flexibility index (Phi) is 3.48. The summed E-state index contributed by atoms with van der Waals surface area (Å²) in [7, 11) is 0. The zero-order valence-corrected chi connectivity index (χ0v) is 12.9. The van der Waals surface area contributed by atoms with E-state index >= 15 is 0 Å². The molecule has 1 aromatic carbocycles. The smallest absolute Gasteiger partial charge is 0.138 e. The van der Waals surface area contributed by atoms with E-state index in [2.05, 4.69) is 59.7 Å². The lowest BCUT2D eigenvalue weighted by Crippen LogP contribution is -2.15. The summed E-state index contributed by atoms with van der Waals surface area (Å²) in [4.78, 5) is 0. The van der Waals surface area contributed by atoms with E-state index in [1.165, 1.54) is 16.5 Å². The first-order valence-corrected chi connectivity index (χ1v) is 7.01. The topological polar surface area (TPSA) is 39.2 Å². The molecule has 2 rings (SSSR count). The number of aryl methyl sites for hydroxylation is 1. The Morgan fingerprint density at radius 2 is 1.79 bits per heavy atom. The number of hydrogen-bond acceptors (Lipinski definition) is 2. The molecule has 0 amide bonds. The second-order valence-corrected chi connectivity index (χ2v) is 6.84. The van der Waals surface area contributed by atoms with Crippen LogP contribution in [0.5, 0.6) is 0 Å². The van der Waals surface area contributed by atoms with E-state index in [-0.39, 0.29) is 11.5 Å². The summed E-state index contributed by atoms with van der Waals surface area (Å²) in [5.74, 6) is 1.27. The summed E-state index contributed by atoms with van der Waals surface area (Å²) in [6, 6.07) is 6.42. The van der Waals surface area contributed by atoms with E-state index in [4.69, 9.17) is 10.2 Å². The molecule has 0 aliphatic carbocycles. The Morgan fingerprint density at radius 1 is 1.16 bits per heavy atom. The van der Waals surface area contributed by atoms with Crippen molar-refractivity contribution in [2.24, 2.45) is 11.7 Å². The van der Waals surface area contributed by atoms with Gasteiger partial charge in [-0.15, -0.1) is 0 Å². The van der Waals surface area contributed by atoms with Crippen LogP contribution in [0, 0.1) is 12.8 Å². The molecule has 19 heavy (non-hydrogen) atoms. The molecule has 0 radical (unpaired) electrons. The largest absolute Gasteiger partial charge is 0.459 e. The van der Waals surface area contributed by atoms with Gasteiger partial charge in [0.05, 0.1) is 6.04 Å². The highest BCUT2D eigenvalue weighted by atomic mass is 16.3. The first-order valence-electron chi connectivity index (χ1n) is 7.01. The van der Waals surface area contributed by atoms with Crippen molar-refractivity contribution in [3.05, 3.63) is 35.1 Å². The molecule has 0 saturated heterocycles. The maximum absolute atomic E-state index is 6.22. The minimum absolute atomic E-state index is 0.0420. The predicted octanol–water partition coefficient (Wildman–Crippen LogP) is 4.69. The first kappa shape index (κ1) is 14.1. The first-order chi connectivity index (χ1) is 8.71. The summed E-state index contributed by atoms with van der Waals surface area (Å²) in [5, 5.41) is 1.19. The molecule has 0 saturated carbocycles. The lowest BCUT2D eigenvalue weighted by molar-refractivity contribution is 0.415. The van der Waals surface area contributed by atoms with Gasteiger partial charge in [-0.3, -0.25) is 0 Å². The number of rotatable bonds is 2. The van der Waals surface area contributed by atoms with Gasteiger partial charge in [0.25, 0.3) is 0 Å². The molecule has 0 aliphatic rings. The molecule has 0 bridgehead atoms. The van der Waals surface area contributed by atoms with Gasteiger partial charge in [0.15, 0.2) is 0 Å². The monoisotopic (exact) mass is 259 g/mol. The van der Waals surface area contributed by atoms with Gasteiger partial charge in [-0.1, -0.05) is 46.8 Å². The zero-order chi connectivity index (χ0) is 14.4. The third kappa shape index (κ3) is 2.55. The van der Waals surface area contributed by atoms with Crippen LogP contribution in [-0.2, 0) is 5.41 Å². The summed E-state index contributed by atoms with van der Waals surface area (Å²) < 4.78 is 6.10. The minimum Gasteiger partial charge on any atom is -0.459 e. The number of benzene rings is 1. The van der Waals surface area contributed by atoms with Crippen LogP contribution < -0.4 is 5.73 Å².